The second-order valence-corrected chi connectivity index (χ2v) is 6.69. The third kappa shape index (κ3) is 2.87. The van der Waals surface area contributed by atoms with Gasteiger partial charge in [0.1, 0.15) is 5.58 Å². The molecule has 0 bridgehead atoms. The molecule has 0 atom stereocenters. The zero-order chi connectivity index (χ0) is 17.4. The summed E-state index contributed by atoms with van der Waals surface area (Å²) in [6.45, 7) is 4.77. The van der Waals surface area contributed by atoms with E-state index in [-0.39, 0.29) is 5.91 Å². The van der Waals surface area contributed by atoms with Crippen LogP contribution in [0.25, 0.3) is 11.0 Å². The van der Waals surface area contributed by atoms with Gasteiger partial charge in [-0.3, -0.25) is 4.79 Å². The number of furan rings is 1. The van der Waals surface area contributed by atoms with E-state index in [0.717, 1.165) is 40.3 Å². The number of para-hydroxylation sites is 2. The Morgan fingerprint density at radius 3 is 2.40 bits per heavy atom. The maximum absolute atomic E-state index is 12.9. The molecule has 1 aromatic heterocycles. The van der Waals surface area contributed by atoms with E-state index in [0.29, 0.717) is 18.8 Å². The minimum atomic E-state index is -0.0347. The third-order valence-corrected chi connectivity index (χ3v) is 5.12. The van der Waals surface area contributed by atoms with E-state index in [2.05, 4.69) is 4.90 Å². The molecule has 1 saturated heterocycles. The van der Waals surface area contributed by atoms with Crippen molar-refractivity contribution >= 4 is 34.2 Å². The van der Waals surface area contributed by atoms with Gasteiger partial charge in [-0.25, -0.2) is 0 Å². The molecular formula is C20H19ClN2O2. The van der Waals surface area contributed by atoms with Gasteiger partial charge in [0, 0.05) is 37.1 Å². The molecule has 0 saturated carbocycles. The smallest absolute Gasteiger partial charge is 0.290 e. The summed E-state index contributed by atoms with van der Waals surface area (Å²) >= 11 is 6.28. The van der Waals surface area contributed by atoms with E-state index in [4.69, 9.17) is 16.0 Å². The van der Waals surface area contributed by atoms with E-state index in [1.165, 1.54) is 0 Å². The van der Waals surface area contributed by atoms with Gasteiger partial charge < -0.3 is 14.2 Å². The number of hydrogen-bond donors (Lipinski definition) is 0. The summed E-state index contributed by atoms with van der Waals surface area (Å²) in [6, 6.07) is 15.6. The number of benzene rings is 2. The number of fused-ring (bicyclic) bond motifs is 1. The van der Waals surface area contributed by atoms with Crippen LogP contribution in [0.5, 0.6) is 0 Å². The summed E-state index contributed by atoms with van der Waals surface area (Å²) in [5, 5.41) is 1.75. The van der Waals surface area contributed by atoms with E-state index in [1.807, 2.05) is 60.4 Å². The van der Waals surface area contributed by atoms with Crippen LogP contribution in [0.1, 0.15) is 16.1 Å². The SMILES string of the molecule is Cc1c(C(=O)N2CCN(c3ccccc3Cl)CC2)oc2ccccc12. The molecule has 128 valence electrons. The number of nitrogens with zero attached hydrogens (tertiary/aromatic N) is 2. The van der Waals surface area contributed by atoms with Crippen molar-refractivity contribution in [3.05, 3.63) is 64.9 Å². The zero-order valence-electron chi connectivity index (χ0n) is 14.0. The molecule has 1 aliphatic rings. The number of piperazine rings is 1. The van der Waals surface area contributed by atoms with Crippen molar-refractivity contribution in [3.63, 3.8) is 0 Å². The molecule has 0 unspecified atom stereocenters. The average Bonchev–Trinajstić information content (AvgIpc) is 2.99. The van der Waals surface area contributed by atoms with Crippen LogP contribution in [-0.2, 0) is 0 Å². The summed E-state index contributed by atoms with van der Waals surface area (Å²) < 4.78 is 5.82. The summed E-state index contributed by atoms with van der Waals surface area (Å²) in [6.07, 6.45) is 0. The van der Waals surface area contributed by atoms with Gasteiger partial charge >= 0.3 is 0 Å². The second kappa shape index (κ2) is 6.45. The second-order valence-electron chi connectivity index (χ2n) is 6.28. The van der Waals surface area contributed by atoms with Gasteiger partial charge in [-0.05, 0) is 25.1 Å². The lowest BCUT2D eigenvalue weighted by molar-refractivity contribution is 0.0716. The summed E-state index contributed by atoms with van der Waals surface area (Å²) in [5.41, 5.74) is 2.70. The lowest BCUT2D eigenvalue weighted by Gasteiger charge is -2.36. The molecule has 3 aromatic rings. The predicted molar refractivity (Wildman–Crippen MR) is 101 cm³/mol. The minimum Gasteiger partial charge on any atom is -0.451 e. The Balaban J connectivity index is 1.51. The standard InChI is InChI=1S/C20H19ClN2O2/c1-14-15-6-2-5-9-18(15)25-19(14)20(24)23-12-10-22(11-13-23)17-8-4-3-7-16(17)21/h2-9H,10-13H2,1H3. The Kier molecular flexibility index (Phi) is 4.14. The first-order valence-electron chi connectivity index (χ1n) is 8.42. The van der Waals surface area contributed by atoms with Crippen LogP contribution in [0.2, 0.25) is 5.02 Å². The van der Waals surface area contributed by atoms with Crippen LogP contribution in [0, 0.1) is 6.92 Å². The number of rotatable bonds is 2. The first kappa shape index (κ1) is 16.0. The van der Waals surface area contributed by atoms with Crippen LogP contribution < -0.4 is 4.90 Å². The molecule has 2 aromatic carbocycles. The number of halogens is 1. The fourth-order valence-corrected chi connectivity index (χ4v) is 3.64. The molecule has 0 spiro atoms. The maximum atomic E-state index is 12.9. The quantitative estimate of drug-likeness (QED) is 0.686. The molecule has 1 aliphatic heterocycles. The van der Waals surface area contributed by atoms with E-state index in [1.54, 1.807) is 0 Å². The molecule has 0 aliphatic carbocycles. The van der Waals surface area contributed by atoms with Crippen LogP contribution in [-0.4, -0.2) is 37.0 Å². The van der Waals surface area contributed by atoms with Gasteiger partial charge in [-0.15, -0.1) is 0 Å². The zero-order valence-corrected chi connectivity index (χ0v) is 14.8. The van der Waals surface area contributed by atoms with Crippen molar-refractivity contribution in [1.82, 2.24) is 4.90 Å². The third-order valence-electron chi connectivity index (χ3n) is 4.80. The highest BCUT2D eigenvalue weighted by Crippen LogP contribution is 2.28. The Bertz CT molecular complexity index is 926. The fraction of sp³-hybridized carbons (Fsp3) is 0.250. The predicted octanol–water partition coefficient (Wildman–Crippen LogP) is 4.36. The van der Waals surface area contributed by atoms with Crippen LogP contribution in [0.3, 0.4) is 0 Å². The number of carbonyl (C=O) groups excluding carboxylic acids is 1. The minimum absolute atomic E-state index is 0.0347. The number of hydrogen-bond acceptors (Lipinski definition) is 3. The van der Waals surface area contributed by atoms with Crippen LogP contribution in [0.15, 0.2) is 52.9 Å². The van der Waals surface area contributed by atoms with Gasteiger partial charge in [-0.1, -0.05) is 41.9 Å². The highest BCUT2D eigenvalue weighted by molar-refractivity contribution is 6.33. The Labute approximate surface area is 151 Å². The Morgan fingerprint density at radius 1 is 1.00 bits per heavy atom. The topological polar surface area (TPSA) is 36.7 Å². The molecule has 4 nitrogen and oxygen atoms in total. The van der Waals surface area contributed by atoms with Gasteiger partial charge in [0.15, 0.2) is 5.76 Å². The average molecular weight is 355 g/mol. The van der Waals surface area contributed by atoms with Gasteiger partial charge in [0.05, 0.1) is 10.7 Å². The number of amides is 1. The molecule has 0 N–H and O–H groups in total. The Morgan fingerprint density at radius 2 is 1.68 bits per heavy atom. The molecular weight excluding hydrogens is 336 g/mol. The van der Waals surface area contributed by atoms with Crippen molar-refractivity contribution in [2.24, 2.45) is 0 Å². The van der Waals surface area contributed by atoms with E-state index in [9.17, 15) is 4.79 Å². The molecule has 25 heavy (non-hydrogen) atoms. The van der Waals surface area contributed by atoms with Crippen molar-refractivity contribution in [3.8, 4) is 0 Å². The van der Waals surface area contributed by atoms with Crippen LogP contribution >= 0.6 is 11.6 Å². The molecule has 5 heteroatoms. The van der Waals surface area contributed by atoms with Crippen molar-refractivity contribution in [2.45, 2.75) is 6.92 Å². The normalized spacial score (nSPS) is 15.0. The number of carbonyl (C=O) groups is 1. The summed E-state index contributed by atoms with van der Waals surface area (Å²) in [5.74, 6) is 0.417. The summed E-state index contributed by atoms with van der Waals surface area (Å²) in [7, 11) is 0. The molecule has 0 radical (unpaired) electrons. The first-order chi connectivity index (χ1) is 12.1. The van der Waals surface area contributed by atoms with Gasteiger partial charge in [-0.2, -0.15) is 0 Å². The van der Waals surface area contributed by atoms with Crippen molar-refractivity contribution in [1.29, 1.82) is 0 Å². The van der Waals surface area contributed by atoms with Crippen molar-refractivity contribution < 1.29 is 9.21 Å². The largest absolute Gasteiger partial charge is 0.451 e. The maximum Gasteiger partial charge on any atom is 0.290 e. The number of anilines is 1. The molecule has 1 amide bonds. The lowest BCUT2D eigenvalue weighted by Crippen LogP contribution is -2.48. The van der Waals surface area contributed by atoms with Gasteiger partial charge in [0.2, 0.25) is 0 Å². The molecule has 4 rings (SSSR count). The number of aryl methyl sites for hydroxylation is 1. The molecule has 2 heterocycles. The lowest BCUT2D eigenvalue weighted by atomic mass is 10.1. The highest BCUT2D eigenvalue weighted by atomic mass is 35.5. The monoisotopic (exact) mass is 354 g/mol. The molecule has 1 fully saturated rings. The first-order valence-corrected chi connectivity index (χ1v) is 8.80. The van der Waals surface area contributed by atoms with E-state index < -0.39 is 0 Å². The van der Waals surface area contributed by atoms with Gasteiger partial charge in [0.25, 0.3) is 5.91 Å². The Hall–Kier alpha value is -2.46. The van der Waals surface area contributed by atoms with E-state index >= 15 is 0 Å². The summed E-state index contributed by atoms with van der Waals surface area (Å²) in [4.78, 5) is 17.0. The fourth-order valence-electron chi connectivity index (χ4n) is 3.38. The highest BCUT2D eigenvalue weighted by Gasteiger charge is 2.27. The van der Waals surface area contributed by atoms with Crippen LogP contribution in [0.4, 0.5) is 5.69 Å². The van der Waals surface area contributed by atoms with Crippen molar-refractivity contribution in [2.75, 3.05) is 31.1 Å².